The van der Waals surface area contributed by atoms with Crippen LogP contribution in [0.3, 0.4) is 0 Å². The van der Waals surface area contributed by atoms with Crippen LogP contribution in [0.1, 0.15) is 18.1 Å². The highest BCUT2D eigenvalue weighted by Gasteiger charge is 2.40. The molecule has 0 aliphatic carbocycles. The Morgan fingerprint density at radius 1 is 1.29 bits per heavy atom. The Hall–Kier alpha value is -2.29. The number of hydrogen-bond acceptors (Lipinski definition) is 6. The highest BCUT2D eigenvalue weighted by atomic mass is 32.2. The average Bonchev–Trinajstić information content (AvgIpc) is 2.46. The number of alkyl halides is 3. The number of benzene rings is 1. The molecule has 0 N–H and O–H groups in total. The highest BCUT2D eigenvalue weighted by molar-refractivity contribution is 7.98. The van der Waals surface area contributed by atoms with Crippen molar-refractivity contribution in [3.8, 4) is 0 Å². The minimum Gasteiger partial charge on any atom is -0.422 e. The van der Waals surface area contributed by atoms with Gasteiger partial charge in [-0.25, -0.2) is 9.59 Å². The number of carbonyl (C=O) groups excluding carboxylic acids is 1. The first-order valence-corrected chi connectivity index (χ1v) is 7.81. The number of carbonyl (C=O) groups is 1. The molecule has 0 amide bonds. The molecule has 0 unspecified atom stereocenters. The van der Waals surface area contributed by atoms with Crippen LogP contribution >= 0.6 is 11.8 Å². The van der Waals surface area contributed by atoms with Gasteiger partial charge in [0.2, 0.25) is 0 Å². The minimum absolute atomic E-state index is 0.160. The molecule has 128 valence electrons. The monoisotopic (exact) mass is 359 g/mol. The van der Waals surface area contributed by atoms with Crippen molar-refractivity contribution in [2.75, 3.05) is 6.26 Å². The van der Waals surface area contributed by atoms with E-state index in [1.807, 2.05) is 6.26 Å². The van der Waals surface area contributed by atoms with Crippen LogP contribution in [0, 0.1) is 6.92 Å². The molecule has 0 bridgehead atoms. The van der Waals surface area contributed by atoms with Gasteiger partial charge in [-0.2, -0.15) is 13.2 Å². The maximum atomic E-state index is 13.1. The molecule has 0 saturated heterocycles. The molecule has 24 heavy (non-hydrogen) atoms. The Balaban J connectivity index is 2.71. The SMILES string of the molecule is CSc1cc2cc(C(=NOC(C)=O)C(F)(F)F)c(=O)oc2cc1C. The summed E-state index contributed by atoms with van der Waals surface area (Å²) in [5, 5.41) is 3.07. The highest BCUT2D eigenvalue weighted by Crippen LogP contribution is 2.28. The van der Waals surface area contributed by atoms with Gasteiger partial charge < -0.3 is 9.25 Å². The maximum Gasteiger partial charge on any atom is 0.437 e. The lowest BCUT2D eigenvalue weighted by Crippen LogP contribution is -2.29. The second-order valence-electron chi connectivity index (χ2n) is 4.83. The van der Waals surface area contributed by atoms with Gasteiger partial charge in [-0.05, 0) is 36.9 Å². The van der Waals surface area contributed by atoms with Crippen LogP contribution in [0.2, 0.25) is 0 Å². The molecule has 0 fully saturated rings. The predicted octanol–water partition coefficient (Wildman–Crippen LogP) is 3.65. The van der Waals surface area contributed by atoms with E-state index in [-0.39, 0.29) is 5.58 Å². The summed E-state index contributed by atoms with van der Waals surface area (Å²) < 4.78 is 44.4. The van der Waals surface area contributed by atoms with E-state index in [4.69, 9.17) is 4.42 Å². The van der Waals surface area contributed by atoms with Crippen LogP contribution in [0.25, 0.3) is 11.0 Å². The van der Waals surface area contributed by atoms with E-state index in [1.54, 1.807) is 19.1 Å². The van der Waals surface area contributed by atoms with Crippen LogP contribution in [-0.2, 0) is 9.63 Å². The number of thioether (sulfide) groups is 1. The van der Waals surface area contributed by atoms with E-state index in [1.165, 1.54) is 11.8 Å². The summed E-state index contributed by atoms with van der Waals surface area (Å²) in [7, 11) is 0. The Labute approximate surface area is 138 Å². The first-order valence-electron chi connectivity index (χ1n) is 6.59. The first kappa shape index (κ1) is 18.1. The number of halogens is 3. The van der Waals surface area contributed by atoms with Gasteiger partial charge in [0.25, 0.3) is 0 Å². The lowest BCUT2D eigenvalue weighted by molar-refractivity contribution is -0.141. The van der Waals surface area contributed by atoms with Crippen molar-refractivity contribution in [2.24, 2.45) is 5.16 Å². The molecular formula is C15H12F3NO4S. The molecule has 9 heteroatoms. The van der Waals surface area contributed by atoms with Crippen LogP contribution in [0.15, 0.2) is 37.5 Å². The number of rotatable bonds is 3. The van der Waals surface area contributed by atoms with Crippen molar-refractivity contribution in [1.29, 1.82) is 0 Å². The van der Waals surface area contributed by atoms with Gasteiger partial charge in [-0.15, -0.1) is 11.8 Å². The van der Waals surface area contributed by atoms with Gasteiger partial charge in [-0.1, -0.05) is 5.16 Å². The minimum atomic E-state index is -5.00. The molecule has 0 aliphatic heterocycles. The molecule has 0 aliphatic rings. The van der Waals surface area contributed by atoms with Crippen molar-refractivity contribution in [3.63, 3.8) is 0 Å². The van der Waals surface area contributed by atoms with E-state index < -0.39 is 29.0 Å². The molecule has 0 radical (unpaired) electrons. The molecular weight excluding hydrogens is 347 g/mol. The third kappa shape index (κ3) is 3.78. The summed E-state index contributed by atoms with van der Waals surface area (Å²) >= 11 is 1.41. The van der Waals surface area contributed by atoms with E-state index in [9.17, 15) is 22.8 Å². The van der Waals surface area contributed by atoms with Crippen molar-refractivity contribution in [1.82, 2.24) is 0 Å². The van der Waals surface area contributed by atoms with Gasteiger partial charge in [0.1, 0.15) is 5.58 Å². The second-order valence-corrected chi connectivity index (χ2v) is 5.68. The van der Waals surface area contributed by atoms with E-state index >= 15 is 0 Å². The first-order chi connectivity index (χ1) is 11.1. The fraction of sp³-hybridized carbons (Fsp3) is 0.267. The van der Waals surface area contributed by atoms with E-state index in [0.717, 1.165) is 23.4 Å². The lowest BCUT2D eigenvalue weighted by Gasteiger charge is -2.10. The fourth-order valence-electron chi connectivity index (χ4n) is 2.00. The Bertz CT molecular complexity index is 887. The molecule has 2 rings (SSSR count). The molecule has 1 aromatic carbocycles. The number of oxime groups is 1. The number of fused-ring (bicyclic) bond motifs is 1. The largest absolute Gasteiger partial charge is 0.437 e. The molecule has 1 aromatic heterocycles. The number of hydrogen-bond donors (Lipinski definition) is 0. The van der Waals surface area contributed by atoms with Crippen LogP contribution in [0.4, 0.5) is 13.2 Å². The fourth-order valence-corrected chi connectivity index (χ4v) is 2.62. The topological polar surface area (TPSA) is 68.9 Å². The zero-order valence-corrected chi connectivity index (χ0v) is 13.7. The molecule has 0 spiro atoms. The smallest absolute Gasteiger partial charge is 0.422 e. The zero-order valence-electron chi connectivity index (χ0n) is 12.9. The third-order valence-corrected chi connectivity index (χ3v) is 3.92. The van der Waals surface area contributed by atoms with Crippen LogP contribution in [0.5, 0.6) is 0 Å². The van der Waals surface area contributed by atoms with Gasteiger partial charge in [0, 0.05) is 17.2 Å². The van der Waals surface area contributed by atoms with Gasteiger partial charge in [0.15, 0.2) is 5.71 Å². The van der Waals surface area contributed by atoms with Gasteiger partial charge >= 0.3 is 17.8 Å². The summed E-state index contributed by atoms with van der Waals surface area (Å²) in [6.07, 6.45) is -3.18. The standard InChI is InChI=1S/C15H12F3NO4S/c1-7-4-11-9(6-12(7)24-3)5-10(14(21)22-11)13(15(16,17)18)19-23-8(2)20/h4-6H,1-3H3. The van der Waals surface area contributed by atoms with E-state index in [0.29, 0.717) is 5.39 Å². The third-order valence-electron chi connectivity index (χ3n) is 3.04. The van der Waals surface area contributed by atoms with Crippen LogP contribution in [-0.4, -0.2) is 24.1 Å². The maximum absolute atomic E-state index is 13.1. The molecule has 0 saturated carbocycles. The van der Waals surface area contributed by atoms with Gasteiger partial charge in [-0.3, -0.25) is 0 Å². The average molecular weight is 359 g/mol. The number of aryl methyl sites for hydroxylation is 1. The second kappa shape index (κ2) is 6.68. The Morgan fingerprint density at radius 3 is 2.50 bits per heavy atom. The molecule has 5 nitrogen and oxygen atoms in total. The van der Waals surface area contributed by atoms with Crippen molar-refractivity contribution >= 4 is 34.4 Å². The zero-order chi connectivity index (χ0) is 18.1. The number of nitrogens with zero attached hydrogens (tertiary/aromatic N) is 1. The van der Waals surface area contributed by atoms with Crippen LogP contribution < -0.4 is 5.63 Å². The Kier molecular flexibility index (Phi) is 5.02. The summed E-state index contributed by atoms with van der Waals surface area (Å²) in [6, 6.07) is 4.21. The predicted molar refractivity (Wildman–Crippen MR) is 83.4 cm³/mol. The van der Waals surface area contributed by atoms with Crippen molar-refractivity contribution < 1.29 is 27.2 Å². The lowest BCUT2D eigenvalue weighted by atomic mass is 10.1. The molecule has 0 atom stereocenters. The molecule has 2 aromatic rings. The van der Waals surface area contributed by atoms with E-state index in [2.05, 4.69) is 9.99 Å². The summed E-state index contributed by atoms with van der Waals surface area (Å²) in [5.41, 5.74) is -2.68. The summed E-state index contributed by atoms with van der Waals surface area (Å²) in [6.45, 7) is 2.69. The molecule has 1 heterocycles. The normalized spacial score (nSPS) is 12.5. The quantitative estimate of drug-likeness (QED) is 0.275. The van der Waals surface area contributed by atoms with Crippen molar-refractivity contribution in [2.45, 2.75) is 24.9 Å². The summed E-state index contributed by atoms with van der Waals surface area (Å²) in [4.78, 5) is 27.5. The van der Waals surface area contributed by atoms with Crippen molar-refractivity contribution in [3.05, 3.63) is 39.7 Å². The van der Waals surface area contributed by atoms with Gasteiger partial charge in [0.05, 0.1) is 5.56 Å². The summed E-state index contributed by atoms with van der Waals surface area (Å²) in [5.74, 6) is -1.04. The Morgan fingerprint density at radius 2 is 1.96 bits per heavy atom.